The van der Waals surface area contributed by atoms with Crippen molar-refractivity contribution in [3.63, 3.8) is 0 Å². The topological polar surface area (TPSA) is 105 Å². The number of fused-ring (bicyclic) bond motifs is 1. The summed E-state index contributed by atoms with van der Waals surface area (Å²) in [7, 11) is -1.56. The number of phenolic OH excluding ortho intramolecular Hbond substituents is 1. The zero-order valence-electron chi connectivity index (χ0n) is 16.9. The van der Waals surface area contributed by atoms with Gasteiger partial charge in [0.1, 0.15) is 11.5 Å². The highest BCUT2D eigenvalue weighted by Crippen LogP contribution is 2.38. The van der Waals surface area contributed by atoms with Crippen molar-refractivity contribution in [3.05, 3.63) is 42.6 Å². The average molecular weight is 429 g/mol. The lowest BCUT2D eigenvalue weighted by molar-refractivity contribution is 0.331. The highest BCUT2D eigenvalue weighted by Gasteiger charge is 2.25. The summed E-state index contributed by atoms with van der Waals surface area (Å²) in [6.45, 7) is 0.976. The first-order chi connectivity index (χ1) is 14.3. The fraction of sp³-hybridized carbons (Fsp3) is 0.333. The molecule has 9 heteroatoms. The van der Waals surface area contributed by atoms with Gasteiger partial charge in [0.25, 0.3) is 0 Å². The summed E-state index contributed by atoms with van der Waals surface area (Å²) in [6.07, 6.45) is 4.37. The van der Waals surface area contributed by atoms with Gasteiger partial charge in [0.2, 0.25) is 16.0 Å². The predicted octanol–water partition coefficient (Wildman–Crippen LogP) is 2.85. The van der Waals surface area contributed by atoms with E-state index in [0.717, 1.165) is 16.5 Å². The summed E-state index contributed by atoms with van der Waals surface area (Å²) in [4.78, 5) is 9.03. The standard InChI is InChI=1S/C21H24N4O4S/c1-29-20-12-18-14(11-17(20)16-5-3-4-6-19(16)26)13-22-21(24-18)23-15-7-9-25(10-8-15)30(2,27)28/h3-6,11-13,15,26H,7-10H2,1-2H3,(H,22,23,24). The van der Waals surface area contributed by atoms with Crippen LogP contribution in [0, 0.1) is 0 Å². The Morgan fingerprint density at radius 3 is 2.57 bits per heavy atom. The molecule has 158 valence electrons. The zero-order chi connectivity index (χ0) is 21.3. The van der Waals surface area contributed by atoms with Gasteiger partial charge in [-0.2, -0.15) is 0 Å². The lowest BCUT2D eigenvalue weighted by atomic mass is 10.0. The fourth-order valence-electron chi connectivity index (χ4n) is 3.72. The summed E-state index contributed by atoms with van der Waals surface area (Å²) in [5.41, 5.74) is 2.16. The number of nitrogens with one attached hydrogen (secondary N) is 1. The van der Waals surface area contributed by atoms with Crippen molar-refractivity contribution in [1.82, 2.24) is 14.3 Å². The van der Waals surface area contributed by atoms with Crippen LogP contribution in [0.25, 0.3) is 22.0 Å². The maximum absolute atomic E-state index is 11.7. The van der Waals surface area contributed by atoms with Crippen LogP contribution in [-0.2, 0) is 10.0 Å². The number of piperidine rings is 1. The first kappa shape index (κ1) is 20.4. The Morgan fingerprint density at radius 2 is 1.90 bits per heavy atom. The molecule has 1 aromatic heterocycles. The van der Waals surface area contributed by atoms with Crippen LogP contribution < -0.4 is 10.1 Å². The Morgan fingerprint density at radius 1 is 1.17 bits per heavy atom. The number of hydrogen-bond donors (Lipinski definition) is 2. The Kier molecular flexibility index (Phi) is 5.48. The van der Waals surface area contributed by atoms with Crippen LogP contribution in [0.5, 0.6) is 11.5 Å². The van der Waals surface area contributed by atoms with Crippen LogP contribution in [-0.4, -0.2) is 60.3 Å². The third-order valence-corrected chi connectivity index (χ3v) is 6.65. The minimum atomic E-state index is -3.15. The Labute approximate surface area is 175 Å². The van der Waals surface area contributed by atoms with Crippen molar-refractivity contribution >= 4 is 26.9 Å². The van der Waals surface area contributed by atoms with Crippen LogP contribution in [0.15, 0.2) is 42.6 Å². The van der Waals surface area contributed by atoms with Crippen molar-refractivity contribution in [2.24, 2.45) is 0 Å². The Hall–Kier alpha value is -2.91. The zero-order valence-corrected chi connectivity index (χ0v) is 17.7. The fourth-order valence-corrected chi connectivity index (χ4v) is 4.60. The van der Waals surface area contributed by atoms with Gasteiger partial charge in [0.05, 0.1) is 18.9 Å². The molecule has 3 aromatic rings. The molecule has 2 aromatic carbocycles. The number of aromatic hydroxyl groups is 1. The molecule has 0 unspecified atom stereocenters. The molecule has 0 spiro atoms. The van der Waals surface area contributed by atoms with Gasteiger partial charge in [-0.3, -0.25) is 0 Å². The van der Waals surface area contributed by atoms with Crippen molar-refractivity contribution in [2.45, 2.75) is 18.9 Å². The molecule has 0 amide bonds. The van der Waals surface area contributed by atoms with Gasteiger partial charge in [-0.05, 0) is 25.0 Å². The number of rotatable bonds is 5. The minimum absolute atomic E-state index is 0.114. The maximum Gasteiger partial charge on any atom is 0.223 e. The average Bonchev–Trinajstić information content (AvgIpc) is 2.73. The highest BCUT2D eigenvalue weighted by atomic mass is 32.2. The Balaban J connectivity index is 1.58. The molecular formula is C21H24N4O4S. The number of aromatic nitrogens is 2. The lowest BCUT2D eigenvalue weighted by Crippen LogP contribution is -2.42. The second-order valence-corrected chi connectivity index (χ2v) is 9.39. The van der Waals surface area contributed by atoms with E-state index in [2.05, 4.69) is 15.3 Å². The van der Waals surface area contributed by atoms with Crippen LogP contribution in [0.1, 0.15) is 12.8 Å². The van der Waals surface area contributed by atoms with Gasteiger partial charge in [0, 0.05) is 47.9 Å². The maximum atomic E-state index is 11.7. The van der Waals surface area contributed by atoms with Gasteiger partial charge >= 0.3 is 0 Å². The number of para-hydroxylation sites is 1. The quantitative estimate of drug-likeness (QED) is 0.644. The first-order valence-corrected chi connectivity index (χ1v) is 11.5. The Bertz CT molecular complexity index is 1170. The van der Waals surface area contributed by atoms with Crippen LogP contribution in [0.3, 0.4) is 0 Å². The molecule has 0 saturated carbocycles. The predicted molar refractivity (Wildman–Crippen MR) is 116 cm³/mol. The lowest BCUT2D eigenvalue weighted by Gasteiger charge is -2.30. The van der Waals surface area contributed by atoms with Gasteiger partial charge in [-0.25, -0.2) is 22.7 Å². The molecule has 4 rings (SSSR count). The number of phenols is 1. The largest absolute Gasteiger partial charge is 0.507 e. The van der Waals surface area contributed by atoms with E-state index in [1.54, 1.807) is 25.4 Å². The molecule has 0 aliphatic carbocycles. The number of hydrogen-bond acceptors (Lipinski definition) is 7. The van der Waals surface area contributed by atoms with Crippen LogP contribution in [0.4, 0.5) is 5.95 Å². The van der Waals surface area contributed by atoms with Crippen molar-refractivity contribution in [3.8, 4) is 22.6 Å². The van der Waals surface area contributed by atoms with E-state index in [-0.39, 0.29) is 11.8 Å². The van der Waals surface area contributed by atoms with Crippen molar-refractivity contribution in [1.29, 1.82) is 0 Å². The first-order valence-electron chi connectivity index (χ1n) is 9.70. The van der Waals surface area contributed by atoms with Crippen molar-refractivity contribution in [2.75, 3.05) is 31.8 Å². The molecule has 2 N–H and O–H groups in total. The molecule has 1 saturated heterocycles. The van der Waals surface area contributed by atoms with Gasteiger partial charge in [-0.1, -0.05) is 18.2 Å². The molecule has 1 aliphatic heterocycles. The second-order valence-electron chi connectivity index (χ2n) is 7.40. The summed E-state index contributed by atoms with van der Waals surface area (Å²) < 4.78 is 30.4. The molecule has 8 nitrogen and oxygen atoms in total. The minimum Gasteiger partial charge on any atom is -0.507 e. The smallest absolute Gasteiger partial charge is 0.223 e. The number of nitrogens with zero attached hydrogens (tertiary/aromatic N) is 3. The van der Waals surface area contributed by atoms with E-state index in [9.17, 15) is 13.5 Å². The third kappa shape index (κ3) is 4.17. The van der Waals surface area contributed by atoms with Gasteiger partial charge in [-0.15, -0.1) is 0 Å². The number of sulfonamides is 1. The summed E-state index contributed by atoms with van der Waals surface area (Å²) >= 11 is 0. The van der Waals surface area contributed by atoms with E-state index in [1.807, 2.05) is 24.3 Å². The van der Waals surface area contributed by atoms with E-state index in [1.165, 1.54) is 10.6 Å². The molecule has 0 radical (unpaired) electrons. The van der Waals surface area contributed by atoms with E-state index < -0.39 is 10.0 Å². The number of anilines is 1. The van der Waals surface area contributed by atoms with E-state index in [4.69, 9.17) is 4.74 Å². The molecular weight excluding hydrogens is 404 g/mol. The van der Waals surface area contributed by atoms with Gasteiger partial charge < -0.3 is 15.2 Å². The summed E-state index contributed by atoms with van der Waals surface area (Å²) in [6, 6.07) is 10.9. The van der Waals surface area contributed by atoms with Crippen LogP contribution >= 0.6 is 0 Å². The van der Waals surface area contributed by atoms with Crippen LogP contribution in [0.2, 0.25) is 0 Å². The van der Waals surface area contributed by atoms with Crippen molar-refractivity contribution < 1.29 is 18.3 Å². The number of methoxy groups -OCH3 is 1. The summed E-state index contributed by atoms with van der Waals surface area (Å²) in [5, 5.41) is 14.4. The normalized spacial score (nSPS) is 15.9. The number of ether oxygens (including phenoxy) is 1. The van der Waals surface area contributed by atoms with Gasteiger partial charge in [0.15, 0.2) is 0 Å². The SMILES string of the molecule is COc1cc2nc(NC3CCN(S(C)(=O)=O)CC3)ncc2cc1-c1ccccc1O. The molecule has 1 fully saturated rings. The molecule has 0 atom stereocenters. The third-order valence-electron chi connectivity index (χ3n) is 5.35. The van der Waals surface area contributed by atoms with E-state index in [0.29, 0.717) is 43.2 Å². The van der Waals surface area contributed by atoms with E-state index >= 15 is 0 Å². The summed E-state index contributed by atoms with van der Waals surface area (Å²) in [5.74, 6) is 1.28. The molecule has 1 aliphatic rings. The monoisotopic (exact) mass is 428 g/mol. The number of benzene rings is 2. The molecule has 2 heterocycles. The second kappa shape index (κ2) is 8.08. The molecule has 30 heavy (non-hydrogen) atoms. The highest BCUT2D eigenvalue weighted by molar-refractivity contribution is 7.88. The molecule has 0 bridgehead atoms.